The van der Waals surface area contributed by atoms with E-state index in [-0.39, 0.29) is 5.75 Å². The fraction of sp³-hybridized carbons (Fsp3) is 0.667. The van der Waals surface area contributed by atoms with Crippen LogP contribution in [0.2, 0.25) is 0 Å². The largest absolute Gasteiger partial charge is 0.464 e. The van der Waals surface area contributed by atoms with Crippen LogP contribution >= 0.6 is 11.8 Å². The van der Waals surface area contributed by atoms with Gasteiger partial charge >= 0.3 is 0 Å². The summed E-state index contributed by atoms with van der Waals surface area (Å²) in [6.45, 7) is 5.93. The highest BCUT2D eigenvalue weighted by molar-refractivity contribution is 7.98. The van der Waals surface area contributed by atoms with Crippen LogP contribution < -0.4 is 5.32 Å². The molecule has 0 radical (unpaired) electrons. The fourth-order valence-electron chi connectivity index (χ4n) is 1.20. The number of thioether (sulfide) groups is 1. The van der Waals surface area contributed by atoms with Gasteiger partial charge in [0.1, 0.15) is 11.5 Å². The van der Waals surface area contributed by atoms with Gasteiger partial charge in [-0.15, -0.1) is 0 Å². The minimum Gasteiger partial charge on any atom is -0.464 e. The van der Waals surface area contributed by atoms with Crippen molar-refractivity contribution in [1.29, 1.82) is 0 Å². The van der Waals surface area contributed by atoms with Gasteiger partial charge in [0, 0.05) is 5.54 Å². The minimum absolute atomic E-state index is 0.164. The van der Waals surface area contributed by atoms with E-state index in [0.29, 0.717) is 29.8 Å². The van der Waals surface area contributed by atoms with Crippen molar-refractivity contribution in [1.82, 2.24) is 5.32 Å². The van der Waals surface area contributed by atoms with Crippen molar-refractivity contribution in [2.75, 3.05) is 0 Å². The van der Waals surface area contributed by atoms with Crippen LogP contribution in [-0.2, 0) is 12.3 Å². The summed E-state index contributed by atoms with van der Waals surface area (Å²) in [6, 6.07) is 3.45. The zero-order valence-electron chi connectivity index (χ0n) is 10.7. The predicted molar refractivity (Wildman–Crippen MR) is 68.6 cm³/mol. The van der Waals surface area contributed by atoms with Crippen LogP contribution in [0.1, 0.15) is 32.3 Å². The van der Waals surface area contributed by atoms with E-state index in [2.05, 4.69) is 5.32 Å². The molecule has 6 heteroatoms. The molecule has 18 heavy (non-hydrogen) atoms. The molecule has 3 nitrogen and oxygen atoms in total. The van der Waals surface area contributed by atoms with E-state index in [0.717, 1.165) is 0 Å². The Morgan fingerprint density at radius 2 is 2.00 bits per heavy atom. The lowest BCUT2D eigenvalue weighted by Crippen LogP contribution is -2.47. The normalized spacial score (nSPS) is 14.2. The quantitative estimate of drug-likeness (QED) is 0.805. The number of rotatable bonds is 7. The third kappa shape index (κ3) is 4.96. The van der Waals surface area contributed by atoms with Gasteiger partial charge in [-0.2, -0.15) is 8.78 Å². The van der Waals surface area contributed by atoms with Gasteiger partial charge in [0.2, 0.25) is 0 Å². The van der Waals surface area contributed by atoms with Crippen LogP contribution in [0.15, 0.2) is 16.5 Å². The van der Waals surface area contributed by atoms with Gasteiger partial charge in [-0.25, -0.2) is 0 Å². The summed E-state index contributed by atoms with van der Waals surface area (Å²) in [7, 11) is 0. The van der Waals surface area contributed by atoms with Crippen molar-refractivity contribution in [2.24, 2.45) is 0 Å². The molecule has 1 unspecified atom stereocenters. The summed E-state index contributed by atoms with van der Waals surface area (Å²) in [5.74, 6) is -1.01. The van der Waals surface area contributed by atoms with Crippen molar-refractivity contribution in [3.05, 3.63) is 23.7 Å². The molecule has 1 aromatic rings. The average Bonchev–Trinajstić information content (AvgIpc) is 2.71. The van der Waals surface area contributed by atoms with Crippen LogP contribution in [0.5, 0.6) is 0 Å². The number of nitrogens with one attached hydrogen (secondary N) is 1. The summed E-state index contributed by atoms with van der Waals surface area (Å²) >= 11 is 0.539. The van der Waals surface area contributed by atoms with Crippen LogP contribution in [0.3, 0.4) is 0 Å². The van der Waals surface area contributed by atoms with Crippen molar-refractivity contribution in [2.45, 2.75) is 50.5 Å². The monoisotopic (exact) mass is 279 g/mol. The highest BCUT2D eigenvalue weighted by Gasteiger charge is 2.23. The standard InChI is InChI=1S/C12H19F2NO2S/c1-8(16)12(2,3)15-6-9-4-5-10(17-9)7-18-11(13)14/h4-5,8,11,15-16H,6-7H2,1-3H3. The van der Waals surface area contributed by atoms with Crippen molar-refractivity contribution in [3.8, 4) is 0 Å². The second kappa shape index (κ2) is 6.54. The lowest BCUT2D eigenvalue weighted by Gasteiger charge is -2.29. The molecule has 2 N–H and O–H groups in total. The van der Waals surface area contributed by atoms with Gasteiger partial charge in [0.25, 0.3) is 5.76 Å². The van der Waals surface area contributed by atoms with Crippen LogP contribution in [0, 0.1) is 0 Å². The van der Waals surface area contributed by atoms with E-state index < -0.39 is 17.4 Å². The fourth-order valence-corrected chi connectivity index (χ4v) is 1.65. The van der Waals surface area contributed by atoms with Gasteiger partial charge in [-0.3, -0.25) is 0 Å². The number of aliphatic hydroxyl groups excluding tert-OH is 1. The van der Waals surface area contributed by atoms with Gasteiger partial charge < -0.3 is 14.8 Å². The van der Waals surface area contributed by atoms with E-state index in [9.17, 15) is 13.9 Å². The number of aliphatic hydroxyl groups is 1. The van der Waals surface area contributed by atoms with E-state index in [4.69, 9.17) is 4.42 Å². The second-order valence-corrected chi connectivity index (χ2v) is 5.67. The Bertz CT molecular complexity index is 367. The third-order valence-electron chi connectivity index (χ3n) is 2.83. The van der Waals surface area contributed by atoms with Crippen molar-refractivity contribution < 1.29 is 18.3 Å². The van der Waals surface area contributed by atoms with Gasteiger partial charge in [-0.1, -0.05) is 11.8 Å². The summed E-state index contributed by atoms with van der Waals surface area (Å²) in [5, 5.41) is 12.7. The van der Waals surface area contributed by atoms with E-state index in [1.165, 1.54) is 0 Å². The molecule has 0 bridgehead atoms. The Kier molecular flexibility index (Phi) is 5.62. The van der Waals surface area contributed by atoms with Gasteiger partial charge in [-0.05, 0) is 32.9 Å². The molecule has 1 heterocycles. The third-order valence-corrected chi connectivity index (χ3v) is 3.53. The minimum atomic E-state index is -2.38. The number of alkyl halides is 2. The Labute approximate surface area is 110 Å². The van der Waals surface area contributed by atoms with Crippen LogP contribution in [-0.4, -0.2) is 22.5 Å². The molecule has 0 saturated heterocycles. The molecule has 1 atom stereocenters. The molecule has 0 fully saturated rings. The first-order valence-corrected chi connectivity index (χ1v) is 6.76. The number of furan rings is 1. The molecule has 0 aromatic carbocycles. The topological polar surface area (TPSA) is 45.4 Å². The zero-order valence-corrected chi connectivity index (χ0v) is 11.6. The summed E-state index contributed by atoms with van der Waals surface area (Å²) in [6.07, 6.45) is -0.499. The highest BCUT2D eigenvalue weighted by atomic mass is 32.2. The lowest BCUT2D eigenvalue weighted by atomic mass is 9.99. The van der Waals surface area contributed by atoms with Crippen molar-refractivity contribution >= 4 is 11.8 Å². The molecule has 0 saturated carbocycles. The lowest BCUT2D eigenvalue weighted by molar-refractivity contribution is 0.0942. The summed E-state index contributed by atoms with van der Waals surface area (Å²) in [4.78, 5) is 0. The summed E-state index contributed by atoms with van der Waals surface area (Å²) in [5.41, 5.74) is -0.426. The van der Waals surface area contributed by atoms with Gasteiger partial charge in [0.05, 0.1) is 18.4 Å². The number of hydrogen-bond donors (Lipinski definition) is 2. The Balaban J connectivity index is 2.44. The first-order chi connectivity index (χ1) is 8.31. The Morgan fingerprint density at radius 3 is 2.56 bits per heavy atom. The molecule has 0 aliphatic rings. The average molecular weight is 279 g/mol. The molecule has 1 aromatic heterocycles. The van der Waals surface area contributed by atoms with Crippen LogP contribution in [0.25, 0.3) is 0 Å². The summed E-state index contributed by atoms with van der Waals surface area (Å²) < 4.78 is 29.4. The molecular weight excluding hydrogens is 260 g/mol. The van der Waals surface area contributed by atoms with E-state index in [1.54, 1.807) is 19.1 Å². The predicted octanol–water partition coefficient (Wildman–Crippen LogP) is 2.98. The highest BCUT2D eigenvalue weighted by Crippen LogP contribution is 2.21. The van der Waals surface area contributed by atoms with Crippen molar-refractivity contribution in [3.63, 3.8) is 0 Å². The molecular formula is C12H19F2NO2S. The smallest absolute Gasteiger partial charge is 0.284 e. The molecule has 0 amide bonds. The molecule has 104 valence electrons. The molecule has 0 aliphatic carbocycles. The van der Waals surface area contributed by atoms with E-state index >= 15 is 0 Å². The second-order valence-electron chi connectivity index (χ2n) is 4.69. The number of hydrogen-bond acceptors (Lipinski definition) is 4. The maximum Gasteiger partial charge on any atom is 0.284 e. The maximum atomic E-state index is 12.0. The Hall–Kier alpha value is -0.590. The number of halogens is 2. The van der Waals surface area contributed by atoms with Crippen LogP contribution in [0.4, 0.5) is 8.78 Å². The Morgan fingerprint density at radius 1 is 1.39 bits per heavy atom. The first-order valence-electron chi connectivity index (χ1n) is 5.71. The van der Waals surface area contributed by atoms with Gasteiger partial charge in [0.15, 0.2) is 0 Å². The molecule has 1 rings (SSSR count). The SMILES string of the molecule is CC(O)C(C)(C)NCc1ccc(CSC(F)F)o1. The maximum absolute atomic E-state index is 12.0. The molecule has 0 spiro atoms. The molecule has 0 aliphatic heterocycles. The van der Waals surface area contributed by atoms with E-state index in [1.807, 2.05) is 13.8 Å². The zero-order chi connectivity index (χ0) is 13.8. The first kappa shape index (κ1) is 15.5.